The van der Waals surface area contributed by atoms with E-state index < -0.39 is 0 Å². The maximum atomic E-state index is 11.1. The van der Waals surface area contributed by atoms with Crippen molar-refractivity contribution < 1.29 is 9.45 Å². The Bertz CT molecular complexity index is 755. The Labute approximate surface area is 176 Å². The Morgan fingerprint density at radius 1 is 1.22 bits per heavy atom. The molecule has 8 nitrogen and oxygen atoms in total. The predicted molar refractivity (Wildman–Crippen MR) is 115 cm³/mol. The van der Waals surface area contributed by atoms with Crippen molar-refractivity contribution in [1.82, 2.24) is 15.8 Å². The van der Waals surface area contributed by atoms with E-state index in [9.17, 15) is 10.1 Å². The van der Waals surface area contributed by atoms with Crippen molar-refractivity contribution in [3.8, 4) is 0 Å². The van der Waals surface area contributed by atoms with Crippen molar-refractivity contribution in [1.29, 1.82) is 0 Å². The van der Waals surface area contributed by atoms with Gasteiger partial charge in [-0.25, -0.2) is 4.99 Å². The molecule has 0 spiro atoms. The lowest BCUT2D eigenvalue weighted by Crippen LogP contribution is -2.37. The Morgan fingerprint density at radius 2 is 1.96 bits per heavy atom. The van der Waals surface area contributed by atoms with Crippen molar-refractivity contribution >= 4 is 35.6 Å². The van der Waals surface area contributed by atoms with Crippen LogP contribution in [0.2, 0.25) is 0 Å². The molecule has 0 atom stereocenters. The third-order valence-electron chi connectivity index (χ3n) is 3.98. The summed E-state index contributed by atoms with van der Waals surface area (Å²) in [6.07, 6.45) is 1.57. The van der Waals surface area contributed by atoms with Crippen LogP contribution < -0.4 is 10.6 Å². The summed E-state index contributed by atoms with van der Waals surface area (Å²) in [6, 6.07) is 6.63. The number of hydrogen-bond donors (Lipinski definition) is 2. The minimum absolute atomic E-state index is 0. The number of aliphatic imine (C=N–C) groups is 1. The van der Waals surface area contributed by atoms with Gasteiger partial charge in [0.15, 0.2) is 5.96 Å². The highest BCUT2D eigenvalue weighted by Crippen LogP contribution is 2.18. The average molecular weight is 487 g/mol. The lowest BCUT2D eigenvalue weighted by Gasteiger charge is -2.11. The van der Waals surface area contributed by atoms with E-state index in [4.69, 9.17) is 4.52 Å². The van der Waals surface area contributed by atoms with Crippen LogP contribution in [0.15, 0.2) is 33.8 Å². The second-order valence-corrected chi connectivity index (χ2v) is 5.67. The van der Waals surface area contributed by atoms with Gasteiger partial charge in [-0.05, 0) is 13.3 Å². The monoisotopic (exact) mass is 487 g/mol. The maximum Gasteiger partial charge on any atom is 0.274 e. The molecule has 1 aromatic heterocycles. The lowest BCUT2D eigenvalue weighted by atomic mass is 10.1. The molecule has 0 aliphatic heterocycles. The number of nitrogens with zero attached hydrogens (tertiary/aromatic N) is 3. The first kappa shape index (κ1) is 22.9. The molecule has 2 rings (SSSR count). The van der Waals surface area contributed by atoms with E-state index >= 15 is 0 Å². The Balaban J connectivity index is 0.00000364. The minimum atomic E-state index is -0.386. The summed E-state index contributed by atoms with van der Waals surface area (Å²) < 4.78 is 5.37. The lowest BCUT2D eigenvalue weighted by molar-refractivity contribution is -0.385. The Morgan fingerprint density at radius 3 is 2.59 bits per heavy atom. The SMILES string of the molecule is CCNC(=NCc1ccccc1[N+](=O)[O-])NCc1c(CC)noc1CC.I. The molecule has 1 aromatic carbocycles. The zero-order valence-electron chi connectivity index (χ0n) is 15.8. The van der Waals surface area contributed by atoms with E-state index in [2.05, 4.69) is 20.8 Å². The molecular weight excluding hydrogens is 461 g/mol. The normalized spacial score (nSPS) is 11.0. The van der Waals surface area contributed by atoms with E-state index in [1.54, 1.807) is 18.2 Å². The van der Waals surface area contributed by atoms with Gasteiger partial charge in [0, 0.05) is 31.1 Å². The molecule has 0 amide bonds. The fourth-order valence-electron chi connectivity index (χ4n) is 2.64. The van der Waals surface area contributed by atoms with Crippen molar-refractivity contribution in [3.05, 3.63) is 57.0 Å². The van der Waals surface area contributed by atoms with E-state index in [1.807, 2.05) is 20.8 Å². The number of aryl methyl sites for hydroxylation is 2. The molecular formula is C18H26IN5O3. The van der Waals surface area contributed by atoms with Gasteiger partial charge in [0.2, 0.25) is 0 Å². The zero-order chi connectivity index (χ0) is 18.9. The standard InChI is InChI=1S/C18H25N5O3.HI/c1-4-15-14(17(5-2)26-22-15)12-21-18(19-6-3)20-11-13-9-7-8-10-16(13)23(24)25;/h7-10H,4-6,11-12H2,1-3H3,(H2,19,20,21);1H. The van der Waals surface area contributed by atoms with Crippen LogP contribution in [-0.2, 0) is 25.9 Å². The Kier molecular flexibility index (Phi) is 9.76. The van der Waals surface area contributed by atoms with Gasteiger partial charge < -0.3 is 15.2 Å². The third-order valence-corrected chi connectivity index (χ3v) is 3.98. The van der Waals surface area contributed by atoms with E-state index in [0.717, 1.165) is 29.9 Å². The summed E-state index contributed by atoms with van der Waals surface area (Å²) in [7, 11) is 0. The second-order valence-electron chi connectivity index (χ2n) is 5.67. The molecule has 27 heavy (non-hydrogen) atoms. The van der Waals surface area contributed by atoms with Gasteiger partial charge in [-0.15, -0.1) is 24.0 Å². The summed E-state index contributed by atoms with van der Waals surface area (Å²) in [4.78, 5) is 15.2. The molecule has 0 saturated heterocycles. The molecule has 0 bridgehead atoms. The van der Waals surface area contributed by atoms with Gasteiger partial charge in [0.1, 0.15) is 5.76 Å². The van der Waals surface area contributed by atoms with Crippen LogP contribution in [0.25, 0.3) is 0 Å². The molecule has 9 heteroatoms. The second kappa shape index (κ2) is 11.5. The van der Waals surface area contributed by atoms with Gasteiger partial charge >= 0.3 is 0 Å². The van der Waals surface area contributed by atoms with Gasteiger partial charge in [0.25, 0.3) is 5.69 Å². The highest BCUT2D eigenvalue weighted by Gasteiger charge is 2.14. The van der Waals surface area contributed by atoms with Gasteiger partial charge in [-0.1, -0.05) is 37.2 Å². The molecule has 148 valence electrons. The number of benzene rings is 1. The average Bonchev–Trinajstić information content (AvgIpc) is 3.06. The van der Waals surface area contributed by atoms with Crippen LogP contribution in [0.5, 0.6) is 0 Å². The van der Waals surface area contributed by atoms with Crippen molar-refractivity contribution in [2.24, 2.45) is 4.99 Å². The highest BCUT2D eigenvalue weighted by atomic mass is 127. The number of para-hydroxylation sites is 1. The number of nitro groups is 1. The third kappa shape index (κ3) is 6.19. The number of nitro benzene ring substituents is 1. The van der Waals surface area contributed by atoms with Crippen molar-refractivity contribution in [2.45, 2.75) is 46.7 Å². The van der Waals surface area contributed by atoms with Crippen molar-refractivity contribution in [2.75, 3.05) is 6.54 Å². The Hall–Kier alpha value is -2.17. The summed E-state index contributed by atoms with van der Waals surface area (Å²) in [5, 5.41) is 21.6. The first-order valence-electron chi connectivity index (χ1n) is 8.81. The topological polar surface area (TPSA) is 106 Å². The molecule has 2 N–H and O–H groups in total. The van der Waals surface area contributed by atoms with Gasteiger partial charge in [-0.2, -0.15) is 0 Å². The number of rotatable bonds is 8. The molecule has 0 aliphatic carbocycles. The number of hydrogen-bond acceptors (Lipinski definition) is 5. The molecule has 0 saturated carbocycles. The van der Waals surface area contributed by atoms with Crippen LogP contribution in [0, 0.1) is 10.1 Å². The fraction of sp³-hybridized carbons (Fsp3) is 0.444. The largest absolute Gasteiger partial charge is 0.361 e. The molecule has 1 heterocycles. The minimum Gasteiger partial charge on any atom is -0.361 e. The smallest absolute Gasteiger partial charge is 0.274 e. The first-order valence-corrected chi connectivity index (χ1v) is 8.81. The van der Waals surface area contributed by atoms with E-state index in [0.29, 0.717) is 24.6 Å². The quantitative estimate of drug-likeness (QED) is 0.194. The number of nitrogens with one attached hydrogen (secondary N) is 2. The van der Waals surface area contributed by atoms with Crippen LogP contribution in [0.4, 0.5) is 5.69 Å². The van der Waals surface area contributed by atoms with Crippen LogP contribution >= 0.6 is 24.0 Å². The number of aromatic nitrogens is 1. The van der Waals surface area contributed by atoms with Crippen LogP contribution in [-0.4, -0.2) is 22.6 Å². The molecule has 0 fully saturated rings. The number of guanidine groups is 1. The van der Waals surface area contributed by atoms with E-state index in [1.165, 1.54) is 6.07 Å². The van der Waals surface area contributed by atoms with Gasteiger partial charge in [0.05, 0.1) is 22.7 Å². The fourth-order valence-corrected chi connectivity index (χ4v) is 2.64. The van der Waals surface area contributed by atoms with Crippen molar-refractivity contribution in [3.63, 3.8) is 0 Å². The predicted octanol–water partition coefficient (Wildman–Crippen LogP) is 3.58. The molecule has 0 unspecified atom stereocenters. The zero-order valence-corrected chi connectivity index (χ0v) is 18.1. The molecule has 0 radical (unpaired) electrons. The highest BCUT2D eigenvalue weighted by molar-refractivity contribution is 14.0. The summed E-state index contributed by atoms with van der Waals surface area (Å²) in [6.45, 7) is 7.48. The summed E-state index contributed by atoms with van der Waals surface area (Å²) in [5.41, 5.74) is 2.63. The summed E-state index contributed by atoms with van der Waals surface area (Å²) in [5.74, 6) is 1.46. The van der Waals surface area contributed by atoms with Crippen LogP contribution in [0.3, 0.4) is 0 Å². The van der Waals surface area contributed by atoms with E-state index in [-0.39, 0.29) is 41.1 Å². The summed E-state index contributed by atoms with van der Waals surface area (Å²) >= 11 is 0. The maximum absolute atomic E-state index is 11.1. The molecule has 0 aliphatic rings. The number of halogens is 1. The molecule has 2 aromatic rings. The van der Waals surface area contributed by atoms with Crippen LogP contribution in [0.1, 0.15) is 43.4 Å². The van der Waals surface area contributed by atoms with Gasteiger partial charge in [-0.3, -0.25) is 10.1 Å². The first-order chi connectivity index (χ1) is 12.6.